The highest BCUT2D eigenvalue weighted by molar-refractivity contribution is 5.81. The molecule has 0 saturated carbocycles. The van der Waals surface area contributed by atoms with E-state index in [9.17, 15) is 0 Å². The number of nitrogens with zero attached hydrogens (tertiary/aromatic N) is 2. The quantitative estimate of drug-likeness (QED) is 0.761. The van der Waals surface area contributed by atoms with Gasteiger partial charge in [0, 0.05) is 69.3 Å². The molecule has 5 heteroatoms. The molecule has 2 N–H and O–H groups in total. The summed E-state index contributed by atoms with van der Waals surface area (Å²) in [5, 5.41) is 0. The summed E-state index contributed by atoms with van der Waals surface area (Å²) in [6.07, 6.45) is 4.14. The van der Waals surface area contributed by atoms with Gasteiger partial charge in [-0.3, -0.25) is 0 Å². The predicted octanol–water partition coefficient (Wildman–Crippen LogP) is 2.37. The van der Waals surface area contributed by atoms with Crippen molar-refractivity contribution in [3.8, 4) is 11.1 Å². The second-order valence-corrected chi connectivity index (χ2v) is 5.31. The van der Waals surface area contributed by atoms with Crippen LogP contribution in [0.3, 0.4) is 0 Å². The Kier molecular flexibility index (Phi) is 5.86. The van der Waals surface area contributed by atoms with Crippen LogP contribution < -0.4 is 10.6 Å². The molecule has 0 atom stereocenters. The Hall–Kier alpha value is -1.98. The standard InChI is InChI=1S/C17H25N3O2/c1-19-7-6-14(13-19)16-12-15(18)4-5-17(16)20(8-10-21-2)9-11-22-3/h4-7,12-13H,8-11,18H2,1-3H3. The molecule has 0 spiro atoms. The first-order valence-corrected chi connectivity index (χ1v) is 7.40. The summed E-state index contributed by atoms with van der Waals surface area (Å²) in [5.74, 6) is 0. The number of anilines is 2. The third-order valence-electron chi connectivity index (χ3n) is 3.63. The topological polar surface area (TPSA) is 52.6 Å². The van der Waals surface area contributed by atoms with Crippen LogP contribution in [-0.2, 0) is 16.5 Å². The van der Waals surface area contributed by atoms with Crippen molar-refractivity contribution in [1.82, 2.24) is 4.57 Å². The predicted molar refractivity (Wildman–Crippen MR) is 91.2 cm³/mol. The molecular formula is C17H25N3O2. The molecule has 0 amide bonds. The second-order valence-electron chi connectivity index (χ2n) is 5.31. The molecule has 2 aromatic rings. The van der Waals surface area contributed by atoms with E-state index in [2.05, 4.69) is 23.2 Å². The lowest BCUT2D eigenvalue weighted by Crippen LogP contribution is -2.31. The molecule has 0 fully saturated rings. The molecule has 1 aromatic heterocycles. The number of aromatic nitrogens is 1. The van der Waals surface area contributed by atoms with Crippen molar-refractivity contribution in [2.24, 2.45) is 7.05 Å². The van der Waals surface area contributed by atoms with Gasteiger partial charge in [-0.2, -0.15) is 0 Å². The van der Waals surface area contributed by atoms with Crippen LogP contribution in [0.25, 0.3) is 11.1 Å². The van der Waals surface area contributed by atoms with Crippen molar-refractivity contribution >= 4 is 11.4 Å². The number of rotatable bonds is 8. The summed E-state index contributed by atoms with van der Waals surface area (Å²) in [7, 11) is 5.45. The van der Waals surface area contributed by atoms with Gasteiger partial charge < -0.3 is 24.7 Å². The van der Waals surface area contributed by atoms with Crippen LogP contribution in [0.1, 0.15) is 0 Å². The maximum absolute atomic E-state index is 6.00. The molecule has 0 radical (unpaired) electrons. The number of aryl methyl sites for hydroxylation is 1. The van der Waals surface area contributed by atoms with Gasteiger partial charge in [0.1, 0.15) is 0 Å². The van der Waals surface area contributed by atoms with E-state index < -0.39 is 0 Å². The fourth-order valence-corrected chi connectivity index (χ4v) is 2.48. The molecule has 0 aliphatic heterocycles. The minimum Gasteiger partial charge on any atom is -0.399 e. The van der Waals surface area contributed by atoms with E-state index in [1.165, 1.54) is 0 Å². The summed E-state index contributed by atoms with van der Waals surface area (Å²) in [6, 6.07) is 8.14. The largest absolute Gasteiger partial charge is 0.399 e. The van der Waals surface area contributed by atoms with Gasteiger partial charge in [-0.1, -0.05) is 0 Å². The molecular weight excluding hydrogens is 278 g/mol. The number of ether oxygens (including phenoxy) is 2. The van der Waals surface area contributed by atoms with Crippen molar-refractivity contribution in [2.75, 3.05) is 51.2 Å². The zero-order valence-electron chi connectivity index (χ0n) is 13.6. The Morgan fingerprint density at radius 3 is 2.32 bits per heavy atom. The lowest BCUT2D eigenvalue weighted by atomic mass is 10.0. The lowest BCUT2D eigenvalue weighted by Gasteiger charge is -2.27. The van der Waals surface area contributed by atoms with Crippen LogP contribution in [0.2, 0.25) is 0 Å². The molecule has 0 aliphatic rings. The Morgan fingerprint density at radius 1 is 1.09 bits per heavy atom. The van der Waals surface area contributed by atoms with Gasteiger partial charge in [-0.15, -0.1) is 0 Å². The Bertz CT molecular complexity index is 587. The molecule has 0 bridgehead atoms. The number of nitrogen functional groups attached to an aromatic ring is 1. The van der Waals surface area contributed by atoms with E-state index in [1.807, 2.05) is 29.9 Å². The minimum absolute atomic E-state index is 0.669. The van der Waals surface area contributed by atoms with Crippen LogP contribution in [0, 0.1) is 0 Å². The highest BCUT2D eigenvalue weighted by Crippen LogP contribution is 2.32. The van der Waals surface area contributed by atoms with Gasteiger partial charge in [-0.05, 0) is 24.3 Å². The summed E-state index contributed by atoms with van der Waals surface area (Å²) < 4.78 is 12.5. The van der Waals surface area contributed by atoms with Gasteiger partial charge in [0.2, 0.25) is 0 Å². The second kappa shape index (κ2) is 7.87. The summed E-state index contributed by atoms with van der Waals surface area (Å²) >= 11 is 0. The van der Waals surface area contributed by atoms with E-state index in [4.69, 9.17) is 15.2 Å². The van der Waals surface area contributed by atoms with E-state index in [-0.39, 0.29) is 0 Å². The van der Waals surface area contributed by atoms with Crippen LogP contribution in [0.15, 0.2) is 36.7 Å². The summed E-state index contributed by atoms with van der Waals surface area (Å²) in [6.45, 7) is 2.96. The van der Waals surface area contributed by atoms with Crippen LogP contribution in [0.5, 0.6) is 0 Å². The number of hydrogen-bond donors (Lipinski definition) is 1. The molecule has 0 aliphatic carbocycles. The van der Waals surface area contributed by atoms with Crippen LogP contribution >= 0.6 is 0 Å². The van der Waals surface area contributed by atoms with Crippen molar-refractivity contribution in [3.63, 3.8) is 0 Å². The molecule has 1 heterocycles. The summed E-state index contributed by atoms with van der Waals surface area (Å²) in [5.41, 5.74) is 10.2. The van der Waals surface area contributed by atoms with Crippen molar-refractivity contribution in [3.05, 3.63) is 36.7 Å². The molecule has 120 valence electrons. The van der Waals surface area contributed by atoms with Gasteiger partial charge >= 0.3 is 0 Å². The molecule has 5 nitrogen and oxygen atoms in total. The van der Waals surface area contributed by atoms with E-state index >= 15 is 0 Å². The minimum atomic E-state index is 0.669. The van der Waals surface area contributed by atoms with E-state index in [0.29, 0.717) is 13.2 Å². The highest BCUT2D eigenvalue weighted by atomic mass is 16.5. The first-order valence-electron chi connectivity index (χ1n) is 7.40. The fraction of sp³-hybridized carbons (Fsp3) is 0.412. The lowest BCUT2D eigenvalue weighted by molar-refractivity contribution is 0.190. The maximum Gasteiger partial charge on any atom is 0.0637 e. The fourth-order valence-electron chi connectivity index (χ4n) is 2.48. The average Bonchev–Trinajstić information content (AvgIpc) is 2.94. The molecule has 2 rings (SSSR count). The Labute approximate surface area is 132 Å². The van der Waals surface area contributed by atoms with E-state index in [0.717, 1.165) is 35.6 Å². The summed E-state index contributed by atoms with van der Waals surface area (Å²) in [4.78, 5) is 2.27. The van der Waals surface area contributed by atoms with Gasteiger partial charge in [-0.25, -0.2) is 0 Å². The Morgan fingerprint density at radius 2 is 1.77 bits per heavy atom. The number of hydrogen-bond acceptors (Lipinski definition) is 4. The molecule has 0 saturated heterocycles. The van der Waals surface area contributed by atoms with Crippen LogP contribution in [-0.4, -0.2) is 45.1 Å². The smallest absolute Gasteiger partial charge is 0.0637 e. The van der Waals surface area contributed by atoms with Gasteiger partial charge in [0.25, 0.3) is 0 Å². The van der Waals surface area contributed by atoms with Gasteiger partial charge in [0.15, 0.2) is 0 Å². The number of methoxy groups -OCH3 is 2. The molecule has 1 aromatic carbocycles. The first-order chi connectivity index (χ1) is 10.7. The number of benzene rings is 1. The van der Waals surface area contributed by atoms with E-state index in [1.54, 1.807) is 14.2 Å². The third-order valence-corrected chi connectivity index (χ3v) is 3.63. The first kappa shape index (κ1) is 16.4. The van der Waals surface area contributed by atoms with Crippen molar-refractivity contribution in [2.45, 2.75) is 0 Å². The van der Waals surface area contributed by atoms with Crippen molar-refractivity contribution in [1.29, 1.82) is 0 Å². The van der Waals surface area contributed by atoms with Gasteiger partial charge in [0.05, 0.1) is 13.2 Å². The zero-order chi connectivity index (χ0) is 15.9. The SMILES string of the molecule is COCCN(CCOC)c1ccc(N)cc1-c1ccn(C)c1. The highest BCUT2D eigenvalue weighted by Gasteiger charge is 2.13. The monoisotopic (exact) mass is 303 g/mol. The normalized spacial score (nSPS) is 10.9. The molecule has 22 heavy (non-hydrogen) atoms. The van der Waals surface area contributed by atoms with Crippen molar-refractivity contribution < 1.29 is 9.47 Å². The maximum atomic E-state index is 6.00. The van der Waals surface area contributed by atoms with Crippen LogP contribution in [0.4, 0.5) is 11.4 Å². The molecule has 0 unspecified atom stereocenters. The zero-order valence-corrected chi connectivity index (χ0v) is 13.6. The Balaban J connectivity index is 2.37. The number of nitrogens with two attached hydrogens (primary N) is 1. The third kappa shape index (κ3) is 4.02. The average molecular weight is 303 g/mol.